The van der Waals surface area contributed by atoms with Crippen LogP contribution >= 0.6 is 12.2 Å². The number of aliphatic hydroxyl groups is 2. The normalized spacial score (nSPS) is 13.3. The predicted octanol–water partition coefficient (Wildman–Crippen LogP) is 0.263. The molecule has 110 valence electrons. The first kappa shape index (κ1) is 16.4. The number of carbonyl (C=O) groups excluding carboxylic acids is 1. The Labute approximate surface area is 123 Å². The number of carbonyl (C=O) groups is 1. The van der Waals surface area contributed by atoms with Gasteiger partial charge in [-0.15, -0.1) is 0 Å². The van der Waals surface area contributed by atoms with Crippen LogP contribution in [0.25, 0.3) is 0 Å². The summed E-state index contributed by atoms with van der Waals surface area (Å²) in [5, 5.41) is 25.3. The highest BCUT2D eigenvalue weighted by Gasteiger charge is 2.18. The van der Waals surface area contributed by atoms with Gasteiger partial charge < -0.3 is 26.6 Å². The molecule has 1 aromatic carbocycles. The molecule has 0 aliphatic carbocycles. The Balaban J connectivity index is 2.55. The summed E-state index contributed by atoms with van der Waals surface area (Å²) in [5.41, 5.74) is 6.63. The largest absolute Gasteiger partial charge is 0.390 e. The predicted molar refractivity (Wildman–Crippen MR) is 81.1 cm³/mol. The van der Waals surface area contributed by atoms with Gasteiger partial charge in [-0.25, -0.2) is 0 Å². The van der Waals surface area contributed by atoms with Gasteiger partial charge in [0.15, 0.2) is 5.11 Å². The van der Waals surface area contributed by atoms with E-state index < -0.39 is 12.2 Å². The van der Waals surface area contributed by atoms with Crippen LogP contribution in [-0.4, -0.2) is 33.9 Å². The molecule has 1 rings (SSSR count). The van der Waals surface area contributed by atoms with Gasteiger partial charge in [0.05, 0.1) is 6.10 Å². The summed E-state index contributed by atoms with van der Waals surface area (Å²) in [7, 11) is 0. The Bertz CT molecular complexity index is 464. The van der Waals surface area contributed by atoms with E-state index >= 15 is 0 Å². The molecule has 2 atom stereocenters. The van der Waals surface area contributed by atoms with Crippen LogP contribution in [0.4, 0.5) is 5.69 Å². The molecule has 0 aromatic heterocycles. The van der Waals surface area contributed by atoms with Crippen molar-refractivity contribution in [2.24, 2.45) is 5.73 Å². The van der Waals surface area contributed by atoms with Crippen LogP contribution in [0.15, 0.2) is 24.3 Å². The molecule has 20 heavy (non-hydrogen) atoms. The van der Waals surface area contributed by atoms with Crippen LogP contribution in [0.3, 0.4) is 0 Å². The van der Waals surface area contributed by atoms with Crippen molar-refractivity contribution >= 4 is 28.9 Å². The van der Waals surface area contributed by atoms with Crippen LogP contribution in [-0.2, 0) is 4.79 Å². The molecule has 1 aromatic rings. The highest BCUT2D eigenvalue weighted by atomic mass is 32.1. The quantitative estimate of drug-likeness (QED) is 0.482. The Kier molecular flexibility index (Phi) is 6.37. The van der Waals surface area contributed by atoms with Crippen LogP contribution in [0.1, 0.15) is 25.0 Å². The van der Waals surface area contributed by atoms with Gasteiger partial charge in [0, 0.05) is 19.2 Å². The molecule has 0 radical (unpaired) electrons. The summed E-state index contributed by atoms with van der Waals surface area (Å²) in [6, 6.07) is 6.76. The monoisotopic (exact) mass is 297 g/mol. The van der Waals surface area contributed by atoms with Crippen molar-refractivity contribution in [1.29, 1.82) is 0 Å². The van der Waals surface area contributed by atoms with Gasteiger partial charge in [-0.05, 0) is 36.3 Å². The lowest BCUT2D eigenvalue weighted by molar-refractivity contribution is -0.119. The first-order valence-electron chi connectivity index (χ1n) is 6.17. The van der Waals surface area contributed by atoms with Crippen molar-refractivity contribution in [2.45, 2.75) is 25.6 Å². The van der Waals surface area contributed by atoms with E-state index in [0.29, 0.717) is 17.8 Å². The van der Waals surface area contributed by atoms with Gasteiger partial charge >= 0.3 is 0 Å². The molecule has 0 bridgehead atoms. The Morgan fingerprint density at radius 2 is 1.95 bits per heavy atom. The minimum absolute atomic E-state index is 0.161. The molecule has 1 amide bonds. The third-order valence-corrected chi connectivity index (χ3v) is 2.80. The summed E-state index contributed by atoms with van der Waals surface area (Å²) in [5.74, 6) is -0.167. The van der Waals surface area contributed by atoms with E-state index in [9.17, 15) is 15.0 Å². The summed E-state index contributed by atoms with van der Waals surface area (Å²) in [6.45, 7) is 1.71. The first-order valence-corrected chi connectivity index (χ1v) is 6.58. The number of amides is 1. The molecule has 0 heterocycles. The van der Waals surface area contributed by atoms with E-state index in [1.807, 2.05) is 0 Å². The van der Waals surface area contributed by atoms with Gasteiger partial charge in [-0.1, -0.05) is 12.1 Å². The van der Waals surface area contributed by atoms with Crippen LogP contribution in [0.5, 0.6) is 0 Å². The van der Waals surface area contributed by atoms with Gasteiger partial charge in [0.2, 0.25) is 5.91 Å². The number of rotatable bonds is 6. The highest BCUT2D eigenvalue weighted by Crippen LogP contribution is 2.20. The Morgan fingerprint density at radius 3 is 2.45 bits per heavy atom. The van der Waals surface area contributed by atoms with Crippen molar-refractivity contribution in [3.63, 3.8) is 0 Å². The van der Waals surface area contributed by atoms with Gasteiger partial charge in [-0.3, -0.25) is 4.79 Å². The maximum absolute atomic E-state index is 10.7. The zero-order valence-corrected chi connectivity index (χ0v) is 12.0. The maximum Gasteiger partial charge on any atom is 0.216 e. The lowest BCUT2D eigenvalue weighted by atomic mass is 10.0. The number of nitrogens with two attached hydrogens (primary N) is 1. The van der Waals surface area contributed by atoms with Crippen molar-refractivity contribution in [2.75, 3.05) is 11.9 Å². The third kappa shape index (κ3) is 5.52. The molecule has 0 spiro atoms. The lowest BCUT2D eigenvalue weighted by Crippen LogP contribution is -2.27. The molecule has 0 saturated heterocycles. The summed E-state index contributed by atoms with van der Waals surface area (Å²) in [6.07, 6.45) is -1.69. The fourth-order valence-corrected chi connectivity index (χ4v) is 1.80. The molecule has 6 N–H and O–H groups in total. The lowest BCUT2D eigenvalue weighted by Gasteiger charge is -2.18. The minimum Gasteiger partial charge on any atom is -0.390 e. The number of anilines is 1. The molecule has 2 unspecified atom stereocenters. The molecule has 7 heteroatoms. The summed E-state index contributed by atoms with van der Waals surface area (Å²) in [4.78, 5) is 10.7. The summed E-state index contributed by atoms with van der Waals surface area (Å²) >= 11 is 4.72. The van der Waals surface area contributed by atoms with E-state index in [2.05, 4.69) is 10.6 Å². The Morgan fingerprint density at radius 1 is 1.35 bits per heavy atom. The van der Waals surface area contributed by atoms with E-state index in [4.69, 9.17) is 18.0 Å². The second-order valence-corrected chi connectivity index (χ2v) is 4.83. The van der Waals surface area contributed by atoms with E-state index in [1.54, 1.807) is 24.3 Å². The second-order valence-electron chi connectivity index (χ2n) is 4.40. The highest BCUT2D eigenvalue weighted by molar-refractivity contribution is 7.80. The number of thiocarbonyl (C=S) groups is 1. The zero-order chi connectivity index (χ0) is 15.1. The van der Waals surface area contributed by atoms with Crippen LogP contribution in [0, 0.1) is 0 Å². The molecule has 6 nitrogen and oxygen atoms in total. The van der Waals surface area contributed by atoms with Crippen molar-refractivity contribution in [3.05, 3.63) is 29.8 Å². The average Bonchev–Trinajstić information content (AvgIpc) is 2.37. The summed E-state index contributed by atoms with van der Waals surface area (Å²) < 4.78 is 0. The van der Waals surface area contributed by atoms with Crippen molar-refractivity contribution < 1.29 is 15.0 Å². The molecule has 0 aliphatic rings. The third-order valence-electron chi connectivity index (χ3n) is 2.70. The van der Waals surface area contributed by atoms with Crippen molar-refractivity contribution in [1.82, 2.24) is 5.32 Å². The fourth-order valence-electron chi connectivity index (χ4n) is 1.68. The number of hydrogen-bond donors (Lipinski definition) is 5. The number of hydrogen-bond acceptors (Lipinski definition) is 4. The first-order chi connectivity index (χ1) is 9.40. The standard InChI is InChI=1S/C13H19N3O3S/c1-8(17)15-7-6-11(18)12(19)9-2-4-10(5-3-9)16-13(14)20/h2-5,11-12,18-19H,6-7H2,1H3,(H,15,17)(H3,14,16,20). The minimum atomic E-state index is -1.01. The topological polar surface area (TPSA) is 108 Å². The molecular formula is C13H19N3O3S. The molecule has 0 saturated carbocycles. The average molecular weight is 297 g/mol. The number of nitrogens with one attached hydrogen (secondary N) is 2. The molecule has 0 fully saturated rings. The second kappa shape index (κ2) is 7.78. The zero-order valence-electron chi connectivity index (χ0n) is 11.2. The van der Waals surface area contributed by atoms with Crippen molar-refractivity contribution in [3.8, 4) is 0 Å². The van der Waals surface area contributed by atoms with Gasteiger partial charge in [0.25, 0.3) is 0 Å². The van der Waals surface area contributed by atoms with Gasteiger partial charge in [0.1, 0.15) is 6.10 Å². The van der Waals surface area contributed by atoms with E-state index in [-0.39, 0.29) is 17.4 Å². The maximum atomic E-state index is 10.7. The molecule has 0 aliphatic heterocycles. The number of aliphatic hydroxyl groups excluding tert-OH is 2. The SMILES string of the molecule is CC(=O)NCCC(O)C(O)c1ccc(NC(N)=S)cc1. The Hall–Kier alpha value is -1.70. The smallest absolute Gasteiger partial charge is 0.216 e. The number of benzene rings is 1. The van der Waals surface area contributed by atoms with E-state index in [0.717, 1.165) is 0 Å². The fraction of sp³-hybridized carbons (Fsp3) is 0.385. The molecular weight excluding hydrogens is 278 g/mol. The van der Waals surface area contributed by atoms with Crippen LogP contribution < -0.4 is 16.4 Å². The van der Waals surface area contributed by atoms with E-state index in [1.165, 1.54) is 6.92 Å². The van der Waals surface area contributed by atoms with Gasteiger partial charge in [-0.2, -0.15) is 0 Å². The van der Waals surface area contributed by atoms with Crippen LogP contribution in [0.2, 0.25) is 0 Å².